The number of halogens is 1. The summed E-state index contributed by atoms with van der Waals surface area (Å²) in [6.07, 6.45) is -1.11. The lowest BCUT2D eigenvalue weighted by Gasteiger charge is -2.24. The van der Waals surface area contributed by atoms with E-state index in [-0.39, 0.29) is 0 Å². The quantitative estimate of drug-likeness (QED) is 0.771. The van der Waals surface area contributed by atoms with Gasteiger partial charge in [0.05, 0.1) is 0 Å². The van der Waals surface area contributed by atoms with Gasteiger partial charge in [0, 0.05) is 5.54 Å². The molecule has 1 nitrogen and oxygen atoms in total. The molecule has 1 atom stereocenters. The summed E-state index contributed by atoms with van der Waals surface area (Å²) in [5.74, 6) is 0. The molecular formula is C12H18FN. The van der Waals surface area contributed by atoms with E-state index in [9.17, 15) is 4.39 Å². The van der Waals surface area contributed by atoms with Gasteiger partial charge in [0.25, 0.3) is 0 Å². The lowest BCUT2D eigenvalue weighted by Crippen LogP contribution is -2.37. The zero-order valence-electron chi connectivity index (χ0n) is 9.26. The maximum Gasteiger partial charge on any atom is 0.142 e. The normalized spacial score (nSPS) is 14.1. The van der Waals surface area contributed by atoms with Crippen LogP contribution in [0.15, 0.2) is 18.2 Å². The Morgan fingerprint density at radius 2 is 1.79 bits per heavy atom. The minimum absolute atomic E-state index is 0.667. The van der Waals surface area contributed by atoms with Crippen LogP contribution >= 0.6 is 0 Å². The molecule has 0 aliphatic rings. The van der Waals surface area contributed by atoms with Gasteiger partial charge < -0.3 is 5.73 Å². The minimum Gasteiger partial charge on any atom is -0.323 e. The highest BCUT2D eigenvalue weighted by Gasteiger charge is 2.26. The van der Waals surface area contributed by atoms with Crippen molar-refractivity contribution in [1.29, 1.82) is 0 Å². The first-order valence-electron chi connectivity index (χ1n) is 4.82. The van der Waals surface area contributed by atoms with E-state index in [4.69, 9.17) is 5.73 Å². The van der Waals surface area contributed by atoms with Crippen molar-refractivity contribution in [2.45, 2.75) is 39.4 Å². The van der Waals surface area contributed by atoms with Crippen LogP contribution in [0, 0.1) is 13.8 Å². The summed E-state index contributed by atoms with van der Waals surface area (Å²) in [5, 5.41) is 0. The van der Waals surface area contributed by atoms with E-state index in [1.165, 1.54) is 5.56 Å². The van der Waals surface area contributed by atoms with E-state index >= 15 is 0 Å². The lowest BCUT2D eigenvalue weighted by molar-refractivity contribution is 0.223. The number of hydrogen-bond acceptors (Lipinski definition) is 1. The van der Waals surface area contributed by atoms with Gasteiger partial charge in [-0.15, -0.1) is 0 Å². The van der Waals surface area contributed by atoms with Gasteiger partial charge in [-0.25, -0.2) is 4.39 Å². The molecule has 0 amide bonds. The van der Waals surface area contributed by atoms with E-state index in [2.05, 4.69) is 0 Å². The van der Waals surface area contributed by atoms with Crippen molar-refractivity contribution >= 4 is 0 Å². The summed E-state index contributed by atoms with van der Waals surface area (Å²) in [5.41, 5.74) is 7.86. The monoisotopic (exact) mass is 195 g/mol. The zero-order valence-corrected chi connectivity index (χ0v) is 9.26. The zero-order chi connectivity index (χ0) is 10.9. The van der Waals surface area contributed by atoms with Crippen LogP contribution in [0.3, 0.4) is 0 Å². The number of hydrogen-bond donors (Lipinski definition) is 1. The summed E-state index contributed by atoms with van der Waals surface area (Å²) < 4.78 is 13.8. The molecule has 1 rings (SSSR count). The van der Waals surface area contributed by atoms with Crippen molar-refractivity contribution in [2.75, 3.05) is 0 Å². The van der Waals surface area contributed by atoms with Crippen molar-refractivity contribution in [3.63, 3.8) is 0 Å². The third-order valence-corrected chi connectivity index (χ3v) is 2.48. The van der Waals surface area contributed by atoms with Crippen LogP contribution in [-0.2, 0) is 0 Å². The molecule has 0 fully saturated rings. The third-order valence-electron chi connectivity index (χ3n) is 2.48. The Kier molecular flexibility index (Phi) is 2.95. The first-order chi connectivity index (χ1) is 6.32. The number of alkyl halides is 1. The molecule has 2 N–H and O–H groups in total. The molecule has 0 bridgehead atoms. The van der Waals surface area contributed by atoms with Crippen molar-refractivity contribution < 1.29 is 4.39 Å². The first-order valence-corrected chi connectivity index (χ1v) is 4.82. The average molecular weight is 195 g/mol. The Morgan fingerprint density at radius 1 is 1.21 bits per heavy atom. The first kappa shape index (κ1) is 11.2. The van der Waals surface area contributed by atoms with Crippen LogP contribution in [-0.4, -0.2) is 5.54 Å². The maximum absolute atomic E-state index is 13.8. The Hall–Kier alpha value is -0.890. The molecule has 0 heterocycles. The van der Waals surface area contributed by atoms with Crippen LogP contribution < -0.4 is 5.73 Å². The Labute approximate surface area is 85.1 Å². The lowest BCUT2D eigenvalue weighted by atomic mass is 9.92. The van der Waals surface area contributed by atoms with E-state index in [0.29, 0.717) is 5.56 Å². The largest absolute Gasteiger partial charge is 0.323 e. The van der Waals surface area contributed by atoms with Crippen LogP contribution in [0.5, 0.6) is 0 Å². The second-order valence-corrected chi connectivity index (χ2v) is 4.53. The Bertz CT molecular complexity index is 326. The van der Waals surface area contributed by atoms with Gasteiger partial charge in [0.15, 0.2) is 0 Å². The van der Waals surface area contributed by atoms with Crippen LogP contribution in [0.1, 0.15) is 36.7 Å². The molecule has 78 valence electrons. The summed E-state index contributed by atoms with van der Waals surface area (Å²) in [7, 11) is 0. The smallest absolute Gasteiger partial charge is 0.142 e. The Morgan fingerprint density at radius 3 is 2.21 bits per heavy atom. The fraction of sp³-hybridized carbons (Fsp3) is 0.500. The van der Waals surface area contributed by atoms with E-state index in [1.54, 1.807) is 13.8 Å². The summed E-state index contributed by atoms with van der Waals surface area (Å²) in [6, 6.07) is 5.61. The highest BCUT2D eigenvalue weighted by Crippen LogP contribution is 2.28. The van der Waals surface area contributed by atoms with Crippen LogP contribution in [0.4, 0.5) is 4.39 Å². The van der Waals surface area contributed by atoms with E-state index in [1.807, 2.05) is 32.0 Å². The predicted molar refractivity (Wildman–Crippen MR) is 58.0 cm³/mol. The topological polar surface area (TPSA) is 26.0 Å². The second-order valence-electron chi connectivity index (χ2n) is 4.53. The molecule has 0 saturated carbocycles. The predicted octanol–water partition coefficient (Wildman–Crippen LogP) is 3.05. The van der Waals surface area contributed by atoms with Gasteiger partial charge in [-0.2, -0.15) is 0 Å². The number of aryl methyl sites for hydroxylation is 2. The van der Waals surface area contributed by atoms with Crippen molar-refractivity contribution in [3.05, 3.63) is 34.9 Å². The molecular weight excluding hydrogens is 177 g/mol. The highest BCUT2D eigenvalue weighted by molar-refractivity contribution is 5.32. The molecule has 1 aromatic rings. The van der Waals surface area contributed by atoms with Crippen LogP contribution in [0.25, 0.3) is 0 Å². The molecule has 0 aromatic heterocycles. The SMILES string of the molecule is Cc1ccc(C(F)C(C)(C)N)cc1C. The number of benzene rings is 1. The Balaban J connectivity index is 3.03. The third kappa shape index (κ3) is 2.32. The summed E-state index contributed by atoms with van der Waals surface area (Å²) >= 11 is 0. The molecule has 0 aliphatic heterocycles. The number of nitrogens with two attached hydrogens (primary N) is 1. The highest BCUT2D eigenvalue weighted by atomic mass is 19.1. The van der Waals surface area contributed by atoms with Gasteiger partial charge in [0.1, 0.15) is 6.17 Å². The molecule has 0 aliphatic carbocycles. The van der Waals surface area contributed by atoms with Gasteiger partial charge in [0.2, 0.25) is 0 Å². The molecule has 1 unspecified atom stereocenters. The van der Waals surface area contributed by atoms with Gasteiger partial charge in [-0.1, -0.05) is 18.2 Å². The molecule has 1 aromatic carbocycles. The number of rotatable bonds is 2. The van der Waals surface area contributed by atoms with Gasteiger partial charge in [-0.05, 0) is 44.4 Å². The van der Waals surface area contributed by atoms with Crippen LogP contribution in [0.2, 0.25) is 0 Å². The average Bonchev–Trinajstić information content (AvgIpc) is 2.07. The van der Waals surface area contributed by atoms with Crippen molar-refractivity contribution in [1.82, 2.24) is 0 Å². The molecule has 14 heavy (non-hydrogen) atoms. The van der Waals surface area contributed by atoms with E-state index in [0.717, 1.165) is 5.56 Å². The fourth-order valence-corrected chi connectivity index (χ4v) is 1.35. The van der Waals surface area contributed by atoms with Gasteiger partial charge >= 0.3 is 0 Å². The van der Waals surface area contributed by atoms with E-state index < -0.39 is 11.7 Å². The second kappa shape index (κ2) is 3.70. The summed E-state index contributed by atoms with van der Waals surface area (Å²) in [6.45, 7) is 7.40. The molecule has 2 heteroatoms. The van der Waals surface area contributed by atoms with Crippen molar-refractivity contribution in [3.8, 4) is 0 Å². The van der Waals surface area contributed by atoms with Gasteiger partial charge in [-0.3, -0.25) is 0 Å². The molecule has 0 radical (unpaired) electrons. The minimum atomic E-state index is -1.11. The fourth-order valence-electron chi connectivity index (χ4n) is 1.35. The summed E-state index contributed by atoms with van der Waals surface area (Å²) in [4.78, 5) is 0. The molecule has 0 saturated heterocycles. The molecule has 0 spiro atoms. The van der Waals surface area contributed by atoms with Crippen molar-refractivity contribution in [2.24, 2.45) is 5.73 Å². The maximum atomic E-state index is 13.8. The standard InChI is InChI=1S/C12H18FN/c1-8-5-6-10(7-9(8)2)11(13)12(3,4)14/h5-7,11H,14H2,1-4H3.